The Morgan fingerprint density at radius 2 is 1.81 bits per heavy atom. The van der Waals surface area contributed by atoms with E-state index in [4.69, 9.17) is 4.74 Å². The molecule has 0 saturated carbocycles. The highest BCUT2D eigenvalue weighted by Gasteiger charge is 2.15. The Labute approximate surface area is 179 Å². The predicted octanol–water partition coefficient (Wildman–Crippen LogP) is 3.44. The molecule has 0 spiro atoms. The molecule has 1 aromatic carbocycles. The molecule has 26 heavy (non-hydrogen) atoms. The zero-order chi connectivity index (χ0) is 18.9. The third-order valence-corrected chi connectivity index (χ3v) is 3.50. The molecule has 1 amide bonds. The summed E-state index contributed by atoms with van der Waals surface area (Å²) in [6.07, 6.45) is 0.0738. The molecule has 0 aliphatic rings. The molecule has 9 heteroatoms. The van der Waals surface area contributed by atoms with Crippen molar-refractivity contribution in [2.24, 2.45) is 4.99 Å². The number of hydrogen-bond donors (Lipinski definition) is 3. The molecule has 148 valence electrons. The van der Waals surface area contributed by atoms with Crippen LogP contribution in [-0.4, -0.2) is 44.3 Å². The monoisotopic (exact) mass is 544 g/mol. The molecule has 0 saturated heterocycles. The number of carbonyl (C=O) groups is 1. The van der Waals surface area contributed by atoms with Crippen LogP contribution in [0.3, 0.4) is 0 Å². The number of nitrogens with zero attached hydrogens (tertiary/aromatic N) is 1. The summed E-state index contributed by atoms with van der Waals surface area (Å²) in [5, 5.41) is 8.82. The quantitative estimate of drug-likeness (QED) is 0.222. The van der Waals surface area contributed by atoms with E-state index >= 15 is 0 Å². The summed E-state index contributed by atoms with van der Waals surface area (Å²) >= 11 is 3.33. The van der Waals surface area contributed by atoms with E-state index in [0.717, 1.165) is 4.47 Å². The van der Waals surface area contributed by atoms with Crippen molar-refractivity contribution in [1.29, 1.82) is 0 Å². The lowest BCUT2D eigenvalue weighted by Crippen LogP contribution is -2.43. The van der Waals surface area contributed by atoms with Crippen LogP contribution in [-0.2, 0) is 11.2 Å². The van der Waals surface area contributed by atoms with Crippen LogP contribution in [0.1, 0.15) is 26.3 Å². The molecule has 0 unspecified atom stereocenters. The van der Waals surface area contributed by atoms with E-state index in [1.54, 1.807) is 19.2 Å². The fourth-order valence-electron chi connectivity index (χ4n) is 1.93. The fourth-order valence-corrected chi connectivity index (χ4v) is 2.34. The van der Waals surface area contributed by atoms with Gasteiger partial charge < -0.3 is 20.7 Å². The van der Waals surface area contributed by atoms with Gasteiger partial charge in [0.05, 0.1) is 0 Å². The first-order valence-electron chi connectivity index (χ1n) is 8.06. The minimum atomic E-state index is -0.517. The number of benzene rings is 1. The topological polar surface area (TPSA) is 74.8 Å². The molecule has 0 heterocycles. The van der Waals surface area contributed by atoms with Gasteiger partial charge in [-0.1, -0.05) is 15.9 Å². The summed E-state index contributed by atoms with van der Waals surface area (Å²) in [5.41, 5.74) is 0.112. The van der Waals surface area contributed by atoms with Gasteiger partial charge >= 0.3 is 6.09 Å². The molecule has 0 atom stereocenters. The van der Waals surface area contributed by atoms with Crippen molar-refractivity contribution in [2.45, 2.75) is 32.8 Å². The zero-order valence-corrected chi connectivity index (χ0v) is 19.4. The minimum Gasteiger partial charge on any atom is -0.444 e. The van der Waals surface area contributed by atoms with Crippen LogP contribution >= 0.6 is 39.9 Å². The molecule has 1 rings (SSSR count). The van der Waals surface area contributed by atoms with Gasteiger partial charge in [-0.3, -0.25) is 4.99 Å². The number of carbonyl (C=O) groups excluding carboxylic acids is 1. The van der Waals surface area contributed by atoms with Crippen LogP contribution < -0.4 is 16.0 Å². The van der Waals surface area contributed by atoms with Crippen LogP contribution in [0.5, 0.6) is 0 Å². The molecule has 0 bridgehead atoms. The van der Waals surface area contributed by atoms with Crippen LogP contribution in [0.15, 0.2) is 27.7 Å². The SMILES string of the molecule is CN=C(NCCNC(=O)OC(C)(C)C)NCCc1cc(Br)ccc1F.I. The lowest BCUT2D eigenvalue weighted by molar-refractivity contribution is 0.0529. The molecule has 0 fully saturated rings. The van der Waals surface area contributed by atoms with Crippen LogP contribution in [0, 0.1) is 5.82 Å². The Morgan fingerprint density at radius 3 is 2.42 bits per heavy atom. The lowest BCUT2D eigenvalue weighted by Gasteiger charge is -2.20. The van der Waals surface area contributed by atoms with Crippen LogP contribution in [0.2, 0.25) is 0 Å². The highest BCUT2D eigenvalue weighted by molar-refractivity contribution is 14.0. The second-order valence-corrected chi connectivity index (χ2v) is 7.26. The van der Waals surface area contributed by atoms with Crippen molar-refractivity contribution >= 4 is 52.0 Å². The van der Waals surface area contributed by atoms with Crippen LogP contribution in [0.4, 0.5) is 9.18 Å². The molecule has 6 nitrogen and oxygen atoms in total. The standard InChI is InChI=1S/C17H26BrFN4O2.HI/c1-17(2,3)25-16(24)23-10-9-22-15(20-4)21-8-7-12-11-13(18)5-6-14(12)19;/h5-6,11H,7-10H2,1-4H3,(H,23,24)(H2,20,21,22);1H. The second-order valence-electron chi connectivity index (χ2n) is 6.34. The van der Waals surface area contributed by atoms with Crippen molar-refractivity contribution in [3.05, 3.63) is 34.1 Å². The van der Waals surface area contributed by atoms with Gasteiger partial charge in [0.2, 0.25) is 0 Å². The van der Waals surface area contributed by atoms with E-state index in [2.05, 4.69) is 36.9 Å². The van der Waals surface area contributed by atoms with Gasteiger partial charge in [-0.2, -0.15) is 0 Å². The van der Waals surface area contributed by atoms with Gasteiger partial charge in [-0.15, -0.1) is 24.0 Å². The Bertz CT molecular complexity index is 609. The second kappa shape index (κ2) is 12.3. The highest BCUT2D eigenvalue weighted by atomic mass is 127. The van der Waals surface area contributed by atoms with Gasteiger partial charge in [0.25, 0.3) is 0 Å². The molecule has 0 radical (unpaired) electrons. The summed E-state index contributed by atoms with van der Waals surface area (Å²) in [7, 11) is 1.65. The van der Waals surface area contributed by atoms with E-state index < -0.39 is 11.7 Å². The van der Waals surface area contributed by atoms with Gasteiger partial charge in [-0.05, 0) is 51.0 Å². The number of rotatable bonds is 6. The summed E-state index contributed by atoms with van der Waals surface area (Å²) < 4.78 is 19.7. The lowest BCUT2D eigenvalue weighted by atomic mass is 10.1. The van der Waals surface area contributed by atoms with Crippen molar-refractivity contribution in [3.63, 3.8) is 0 Å². The first kappa shape index (κ1) is 24.9. The average Bonchev–Trinajstić information content (AvgIpc) is 2.51. The third kappa shape index (κ3) is 10.8. The van der Waals surface area contributed by atoms with Crippen molar-refractivity contribution < 1.29 is 13.9 Å². The van der Waals surface area contributed by atoms with Gasteiger partial charge in [0, 0.05) is 31.2 Å². The fraction of sp³-hybridized carbons (Fsp3) is 0.529. The smallest absolute Gasteiger partial charge is 0.407 e. The largest absolute Gasteiger partial charge is 0.444 e. The molecular weight excluding hydrogens is 518 g/mol. The maximum absolute atomic E-state index is 13.7. The maximum Gasteiger partial charge on any atom is 0.407 e. The predicted molar refractivity (Wildman–Crippen MR) is 117 cm³/mol. The van der Waals surface area contributed by atoms with E-state index in [1.165, 1.54) is 6.07 Å². The van der Waals surface area contributed by atoms with Gasteiger partial charge in [0.15, 0.2) is 5.96 Å². The number of aliphatic imine (C=N–C) groups is 1. The Hall–Kier alpha value is -1.10. The normalized spacial score (nSPS) is 11.4. The Kier molecular flexibility index (Phi) is 11.8. The number of amides is 1. The molecule has 0 aliphatic heterocycles. The summed E-state index contributed by atoms with van der Waals surface area (Å²) in [4.78, 5) is 15.6. The van der Waals surface area contributed by atoms with E-state index in [0.29, 0.717) is 37.6 Å². The Balaban J connectivity index is 0.00000625. The number of halogens is 3. The molecule has 1 aromatic rings. The maximum atomic E-state index is 13.7. The molecule has 0 aromatic heterocycles. The number of nitrogens with one attached hydrogen (secondary N) is 3. The first-order valence-corrected chi connectivity index (χ1v) is 8.86. The molecular formula is C17H27BrFIN4O2. The van der Waals surface area contributed by atoms with E-state index in [9.17, 15) is 9.18 Å². The molecule has 3 N–H and O–H groups in total. The number of guanidine groups is 1. The van der Waals surface area contributed by atoms with Gasteiger partial charge in [-0.25, -0.2) is 9.18 Å². The van der Waals surface area contributed by atoms with Crippen molar-refractivity contribution in [3.8, 4) is 0 Å². The summed E-state index contributed by atoms with van der Waals surface area (Å²) in [6, 6.07) is 4.87. The summed E-state index contributed by atoms with van der Waals surface area (Å²) in [6.45, 7) is 6.85. The van der Waals surface area contributed by atoms with E-state index in [-0.39, 0.29) is 29.8 Å². The molecule has 0 aliphatic carbocycles. The number of alkyl carbamates (subject to hydrolysis) is 1. The average molecular weight is 545 g/mol. The number of hydrogen-bond acceptors (Lipinski definition) is 3. The number of ether oxygens (including phenoxy) is 1. The zero-order valence-electron chi connectivity index (χ0n) is 15.5. The van der Waals surface area contributed by atoms with Gasteiger partial charge in [0.1, 0.15) is 11.4 Å². The third-order valence-electron chi connectivity index (χ3n) is 3.00. The summed E-state index contributed by atoms with van der Waals surface area (Å²) in [5.74, 6) is 0.357. The van der Waals surface area contributed by atoms with Crippen LogP contribution in [0.25, 0.3) is 0 Å². The van der Waals surface area contributed by atoms with Crippen molar-refractivity contribution in [2.75, 3.05) is 26.7 Å². The van der Waals surface area contributed by atoms with Crippen molar-refractivity contribution in [1.82, 2.24) is 16.0 Å². The first-order chi connectivity index (χ1) is 11.7. The highest BCUT2D eigenvalue weighted by Crippen LogP contribution is 2.15. The Morgan fingerprint density at radius 1 is 1.19 bits per heavy atom. The minimum absolute atomic E-state index is 0. The van der Waals surface area contributed by atoms with E-state index in [1.807, 2.05) is 20.8 Å².